The van der Waals surface area contributed by atoms with Gasteiger partial charge in [0.05, 0.1) is 13.0 Å². The van der Waals surface area contributed by atoms with Gasteiger partial charge in [-0.1, -0.05) is 42.5 Å². The molecule has 0 aliphatic carbocycles. The summed E-state index contributed by atoms with van der Waals surface area (Å²) >= 11 is 0. The van der Waals surface area contributed by atoms with Crippen LogP contribution in [0.1, 0.15) is 43.7 Å². The van der Waals surface area contributed by atoms with Crippen molar-refractivity contribution < 1.29 is 37.0 Å². The number of rotatable bonds is 3. The minimum absolute atomic E-state index is 0.0224. The molecule has 1 amide bonds. The average molecular weight is 487 g/mol. The Morgan fingerprint density at radius 2 is 1.60 bits per heavy atom. The number of esters is 1. The van der Waals surface area contributed by atoms with Crippen molar-refractivity contribution in [3.05, 3.63) is 65.7 Å². The molecule has 2 atom stereocenters. The highest BCUT2D eigenvalue weighted by Gasteiger charge is 2.54. The lowest BCUT2D eigenvalue weighted by molar-refractivity contribution is -0.170. The molecule has 35 heavy (non-hydrogen) atoms. The second kappa shape index (κ2) is 8.79. The number of fused-ring (bicyclic) bond motifs is 3. The molecule has 1 aliphatic rings. The van der Waals surface area contributed by atoms with Crippen LogP contribution < -0.4 is 14.8 Å². The Bertz CT molecular complexity index is 1300. The van der Waals surface area contributed by atoms with Gasteiger partial charge in [-0.05, 0) is 38.5 Å². The van der Waals surface area contributed by atoms with Crippen LogP contribution >= 0.6 is 0 Å². The van der Waals surface area contributed by atoms with E-state index in [0.717, 1.165) is 0 Å². The standard InChI is InChI=1S/C26H24F3NO5/c1-25(2,3)35-24(32)30-18-12-8-7-11-16(18)20-21(26(27,28)29)17-13-19(33-4)14-9-5-6-10-15(14)22(17)34-23(20)31/h5-13,20-21H,1-4H3,(H,30,32)/t20-,21+/m0/s1. The first-order valence-corrected chi connectivity index (χ1v) is 10.9. The zero-order valence-electron chi connectivity index (χ0n) is 19.5. The zero-order chi connectivity index (χ0) is 25.5. The number of carbonyl (C=O) groups excluding carboxylic acids is 2. The van der Waals surface area contributed by atoms with Gasteiger partial charge in [0.25, 0.3) is 0 Å². The summed E-state index contributed by atoms with van der Waals surface area (Å²) in [6.45, 7) is 4.97. The number of alkyl halides is 3. The molecule has 0 spiro atoms. The van der Waals surface area contributed by atoms with E-state index in [-0.39, 0.29) is 28.3 Å². The van der Waals surface area contributed by atoms with E-state index < -0.39 is 35.7 Å². The maximum absolute atomic E-state index is 14.6. The van der Waals surface area contributed by atoms with E-state index >= 15 is 0 Å². The first kappa shape index (κ1) is 24.4. The molecule has 1 heterocycles. The largest absolute Gasteiger partial charge is 0.496 e. The SMILES string of the molecule is COc1cc2c(c3ccccc13)OC(=O)[C@@H](c1ccccc1NC(=O)OC(C)(C)C)[C@@H]2C(F)(F)F. The Hall–Kier alpha value is -3.75. The smallest absolute Gasteiger partial charge is 0.412 e. The lowest BCUT2D eigenvalue weighted by Crippen LogP contribution is -2.38. The van der Waals surface area contributed by atoms with Gasteiger partial charge in [0.15, 0.2) is 0 Å². The summed E-state index contributed by atoms with van der Waals surface area (Å²) in [5.41, 5.74) is -1.06. The number of ether oxygens (including phenoxy) is 3. The lowest BCUT2D eigenvalue weighted by atomic mass is 9.77. The van der Waals surface area contributed by atoms with Crippen molar-refractivity contribution in [3.63, 3.8) is 0 Å². The molecule has 0 saturated carbocycles. The first-order chi connectivity index (χ1) is 16.4. The van der Waals surface area contributed by atoms with E-state index in [1.807, 2.05) is 0 Å². The summed E-state index contributed by atoms with van der Waals surface area (Å²) in [5.74, 6) is -5.00. The van der Waals surface area contributed by atoms with Gasteiger partial charge in [-0.15, -0.1) is 0 Å². The van der Waals surface area contributed by atoms with Crippen LogP contribution in [0.4, 0.5) is 23.7 Å². The Labute approximate surface area is 200 Å². The van der Waals surface area contributed by atoms with Crippen LogP contribution in [0.15, 0.2) is 54.6 Å². The van der Waals surface area contributed by atoms with E-state index in [0.29, 0.717) is 10.8 Å². The van der Waals surface area contributed by atoms with Gasteiger partial charge in [-0.2, -0.15) is 13.2 Å². The fourth-order valence-corrected chi connectivity index (χ4v) is 4.30. The number of amides is 1. The van der Waals surface area contributed by atoms with Gasteiger partial charge in [0, 0.05) is 22.0 Å². The number of anilines is 1. The molecule has 6 nitrogen and oxygen atoms in total. The molecule has 0 fully saturated rings. The van der Waals surface area contributed by atoms with Crippen LogP contribution in [-0.4, -0.2) is 30.9 Å². The van der Waals surface area contributed by atoms with E-state index in [2.05, 4.69) is 5.32 Å². The van der Waals surface area contributed by atoms with Gasteiger partial charge in [-0.3, -0.25) is 10.1 Å². The molecular weight excluding hydrogens is 463 g/mol. The summed E-state index contributed by atoms with van der Waals surface area (Å²) < 4.78 is 60.0. The van der Waals surface area contributed by atoms with Crippen molar-refractivity contribution in [2.45, 2.75) is 44.4 Å². The molecule has 4 rings (SSSR count). The van der Waals surface area contributed by atoms with Crippen LogP contribution in [0.3, 0.4) is 0 Å². The normalized spacial score (nSPS) is 18.0. The number of hydrogen-bond donors (Lipinski definition) is 1. The number of para-hydroxylation sites is 1. The molecule has 0 bridgehead atoms. The summed E-state index contributed by atoms with van der Waals surface area (Å²) in [5, 5.41) is 3.33. The fraction of sp³-hybridized carbons (Fsp3) is 0.308. The number of halogens is 3. The topological polar surface area (TPSA) is 73.9 Å². The number of nitrogens with one attached hydrogen (secondary N) is 1. The number of hydrogen-bond acceptors (Lipinski definition) is 5. The second-order valence-corrected chi connectivity index (χ2v) is 9.17. The second-order valence-electron chi connectivity index (χ2n) is 9.17. The maximum atomic E-state index is 14.6. The molecule has 1 aliphatic heterocycles. The third-order valence-electron chi connectivity index (χ3n) is 5.61. The predicted molar refractivity (Wildman–Crippen MR) is 124 cm³/mol. The summed E-state index contributed by atoms with van der Waals surface area (Å²) in [6.07, 6.45) is -5.67. The van der Waals surface area contributed by atoms with Crippen molar-refractivity contribution in [1.82, 2.24) is 0 Å². The van der Waals surface area contributed by atoms with Crippen LogP contribution in [0.5, 0.6) is 11.5 Å². The minimum atomic E-state index is -4.81. The quantitative estimate of drug-likeness (QED) is 0.335. The summed E-state index contributed by atoms with van der Waals surface area (Å²) in [4.78, 5) is 25.5. The fourth-order valence-electron chi connectivity index (χ4n) is 4.30. The number of benzene rings is 3. The van der Waals surface area contributed by atoms with E-state index in [9.17, 15) is 22.8 Å². The lowest BCUT2D eigenvalue weighted by Gasteiger charge is -2.35. The van der Waals surface area contributed by atoms with Gasteiger partial charge in [0.1, 0.15) is 23.0 Å². The van der Waals surface area contributed by atoms with E-state index in [1.54, 1.807) is 45.0 Å². The van der Waals surface area contributed by atoms with Gasteiger partial charge >= 0.3 is 18.2 Å². The molecule has 3 aromatic carbocycles. The van der Waals surface area contributed by atoms with Crippen LogP contribution in [0.2, 0.25) is 0 Å². The van der Waals surface area contributed by atoms with E-state index in [1.165, 1.54) is 37.4 Å². The molecule has 9 heteroatoms. The monoisotopic (exact) mass is 487 g/mol. The maximum Gasteiger partial charge on any atom is 0.412 e. The summed E-state index contributed by atoms with van der Waals surface area (Å²) in [6, 6.07) is 13.7. The average Bonchev–Trinajstić information content (AvgIpc) is 2.76. The highest BCUT2D eigenvalue weighted by Crippen LogP contribution is 2.55. The molecule has 184 valence electrons. The highest BCUT2D eigenvalue weighted by molar-refractivity contribution is 5.99. The van der Waals surface area contributed by atoms with Crippen LogP contribution in [-0.2, 0) is 9.53 Å². The van der Waals surface area contributed by atoms with Crippen molar-refractivity contribution in [2.24, 2.45) is 0 Å². The third-order valence-corrected chi connectivity index (χ3v) is 5.61. The molecular formula is C26H24F3NO5. The van der Waals surface area contributed by atoms with Crippen molar-refractivity contribution in [1.29, 1.82) is 0 Å². The molecule has 3 aromatic rings. The van der Waals surface area contributed by atoms with Gasteiger partial charge < -0.3 is 14.2 Å². The predicted octanol–water partition coefficient (Wildman–Crippen LogP) is 6.54. The Morgan fingerprint density at radius 1 is 0.971 bits per heavy atom. The van der Waals surface area contributed by atoms with Crippen molar-refractivity contribution in [2.75, 3.05) is 12.4 Å². The number of carbonyl (C=O) groups is 2. The van der Waals surface area contributed by atoms with Gasteiger partial charge in [-0.25, -0.2) is 4.79 Å². The van der Waals surface area contributed by atoms with E-state index in [4.69, 9.17) is 14.2 Å². The zero-order valence-corrected chi connectivity index (χ0v) is 19.5. The number of methoxy groups -OCH3 is 1. The molecule has 0 saturated heterocycles. The summed E-state index contributed by atoms with van der Waals surface area (Å²) in [7, 11) is 1.36. The minimum Gasteiger partial charge on any atom is -0.496 e. The Morgan fingerprint density at radius 3 is 2.23 bits per heavy atom. The van der Waals surface area contributed by atoms with Crippen molar-refractivity contribution >= 4 is 28.5 Å². The highest BCUT2D eigenvalue weighted by atomic mass is 19.4. The Balaban J connectivity index is 1.88. The van der Waals surface area contributed by atoms with Crippen molar-refractivity contribution in [3.8, 4) is 11.5 Å². The Kier molecular flexibility index (Phi) is 6.12. The van der Waals surface area contributed by atoms with Gasteiger partial charge in [0.2, 0.25) is 0 Å². The molecule has 0 aromatic heterocycles. The molecule has 1 N–H and O–H groups in total. The van der Waals surface area contributed by atoms with Crippen LogP contribution in [0.25, 0.3) is 10.8 Å². The third kappa shape index (κ3) is 4.76. The molecule has 0 unspecified atom stereocenters. The molecule has 0 radical (unpaired) electrons. The first-order valence-electron chi connectivity index (χ1n) is 10.9. The van der Waals surface area contributed by atoms with Crippen LogP contribution in [0, 0.1) is 0 Å².